The Labute approximate surface area is 186 Å². The third kappa shape index (κ3) is 5.07. The molecule has 0 atom stereocenters. The molecule has 1 aliphatic heterocycles. The van der Waals surface area contributed by atoms with Crippen LogP contribution in [0, 0.1) is 0 Å². The zero-order chi connectivity index (χ0) is 23.7. The molecule has 1 fully saturated rings. The van der Waals surface area contributed by atoms with Crippen molar-refractivity contribution in [2.24, 2.45) is 0 Å². The molecule has 0 N–H and O–H groups in total. The molecule has 0 spiro atoms. The molecule has 1 saturated heterocycles. The minimum absolute atomic E-state index is 0.0109. The fourth-order valence-electron chi connectivity index (χ4n) is 3.64. The number of rotatable bonds is 6. The molecule has 0 aliphatic carbocycles. The van der Waals surface area contributed by atoms with Gasteiger partial charge in [-0.05, 0) is 48.7 Å². The molecular formula is C22H26F3N3O3S. The van der Waals surface area contributed by atoms with Crippen LogP contribution in [-0.2, 0) is 22.7 Å². The van der Waals surface area contributed by atoms with Crippen LogP contribution in [0.1, 0.15) is 34.3 Å². The third-order valence-electron chi connectivity index (χ3n) is 5.47. The number of sulfonamides is 1. The number of alkyl halides is 3. The number of amides is 1. The van der Waals surface area contributed by atoms with Crippen molar-refractivity contribution in [2.75, 3.05) is 39.1 Å². The van der Waals surface area contributed by atoms with E-state index in [2.05, 4.69) is 0 Å². The first-order valence-electron chi connectivity index (χ1n) is 10.1. The monoisotopic (exact) mass is 469 g/mol. The largest absolute Gasteiger partial charge is 0.416 e. The van der Waals surface area contributed by atoms with Crippen molar-refractivity contribution in [2.45, 2.75) is 30.5 Å². The molecule has 6 nitrogen and oxygen atoms in total. The fourth-order valence-corrected chi connectivity index (χ4v) is 4.57. The summed E-state index contributed by atoms with van der Waals surface area (Å²) in [6.07, 6.45) is -2.47. The lowest BCUT2D eigenvalue weighted by Crippen LogP contribution is -2.30. The van der Waals surface area contributed by atoms with E-state index in [0.717, 1.165) is 42.4 Å². The lowest BCUT2D eigenvalue weighted by atomic mass is 10.1. The maximum Gasteiger partial charge on any atom is 0.416 e. The van der Waals surface area contributed by atoms with Gasteiger partial charge >= 0.3 is 6.18 Å². The minimum atomic E-state index is -4.43. The van der Waals surface area contributed by atoms with Crippen LogP contribution in [0.3, 0.4) is 0 Å². The van der Waals surface area contributed by atoms with E-state index >= 15 is 0 Å². The van der Waals surface area contributed by atoms with Crippen LogP contribution in [0.15, 0.2) is 47.4 Å². The zero-order valence-corrected chi connectivity index (χ0v) is 19.0. The van der Waals surface area contributed by atoms with Gasteiger partial charge in [0.05, 0.1) is 16.0 Å². The molecule has 10 heteroatoms. The van der Waals surface area contributed by atoms with Crippen molar-refractivity contribution in [1.82, 2.24) is 9.21 Å². The average molecular weight is 470 g/mol. The van der Waals surface area contributed by atoms with E-state index in [-0.39, 0.29) is 17.0 Å². The van der Waals surface area contributed by atoms with Crippen LogP contribution in [0.4, 0.5) is 18.9 Å². The van der Waals surface area contributed by atoms with Crippen LogP contribution >= 0.6 is 0 Å². The van der Waals surface area contributed by atoms with Crippen LogP contribution in [0.25, 0.3) is 0 Å². The number of anilines is 1. The predicted molar refractivity (Wildman–Crippen MR) is 116 cm³/mol. The van der Waals surface area contributed by atoms with E-state index in [1.54, 1.807) is 13.1 Å². The predicted octanol–water partition coefficient (Wildman–Crippen LogP) is 3.83. The smallest absolute Gasteiger partial charge is 0.371 e. The van der Waals surface area contributed by atoms with Crippen molar-refractivity contribution in [1.29, 1.82) is 0 Å². The van der Waals surface area contributed by atoms with Gasteiger partial charge in [-0.25, -0.2) is 12.7 Å². The number of nitrogens with zero attached hydrogens (tertiary/aromatic N) is 3. The Kier molecular flexibility index (Phi) is 6.85. The van der Waals surface area contributed by atoms with Crippen molar-refractivity contribution in [3.63, 3.8) is 0 Å². The summed E-state index contributed by atoms with van der Waals surface area (Å²) < 4.78 is 64.7. The summed E-state index contributed by atoms with van der Waals surface area (Å²) in [4.78, 5) is 16.7. The van der Waals surface area contributed by atoms with Gasteiger partial charge in [0.25, 0.3) is 5.91 Å². The lowest BCUT2D eigenvalue weighted by Gasteiger charge is -2.25. The van der Waals surface area contributed by atoms with E-state index < -0.39 is 27.7 Å². The third-order valence-corrected chi connectivity index (χ3v) is 7.28. The summed E-state index contributed by atoms with van der Waals surface area (Å²) in [6.45, 7) is 1.62. The lowest BCUT2D eigenvalue weighted by molar-refractivity contribution is -0.137. The number of carbonyl (C=O) groups is 1. The quantitative estimate of drug-likeness (QED) is 0.645. The molecule has 0 radical (unpaired) electrons. The summed E-state index contributed by atoms with van der Waals surface area (Å²) in [5.41, 5.74) is 0.690. The van der Waals surface area contributed by atoms with Gasteiger partial charge in [0, 0.05) is 46.5 Å². The highest BCUT2D eigenvalue weighted by atomic mass is 32.2. The molecule has 32 heavy (non-hydrogen) atoms. The molecule has 0 aromatic heterocycles. The molecule has 0 saturated carbocycles. The Hall–Kier alpha value is -2.59. The Morgan fingerprint density at radius 3 is 2.12 bits per heavy atom. The van der Waals surface area contributed by atoms with E-state index in [9.17, 15) is 26.4 Å². The highest BCUT2D eigenvalue weighted by molar-refractivity contribution is 7.89. The topological polar surface area (TPSA) is 60.9 Å². The van der Waals surface area contributed by atoms with Crippen LogP contribution in [0.5, 0.6) is 0 Å². The van der Waals surface area contributed by atoms with Gasteiger partial charge in [-0.15, -0.1) is 0 Å². The van der Waals surface area contributed by atoms with Crippen molar-refractivity contribution in [3.05, 3.63) is 59.2 Å². The van der Waals surface area contributed by atoms with E-state index in [0.29, 0.717) is 11.3 Å². The molecule has 2 aromatic carbocycles. The van der Waals surface area contributed by atoms with E-state index in [1.165, 1.54) is 43.3 Å². The molecule has 1 aliphatic rings. The van der Waals surface area contributed by atoms with Gasteiger partial charge in [-0.2, -0.15) is 13.2 Å². The summed E-state index contributed by atoms with van der Waals surface area (Å²) in [5.74, 6) is -0.400. The highest BCUT2D eigenvalue weighted by Crippen LogP contribution is 2.31. The Bertz CT molecular complexity index is 1080. The summed E-state index contributed by atoms with van der Waals surface area (Å²) in [6, 6.07) is 9.16. The molecule has 174 valence electrons. The first-order valence-corrected chi connectivity index (χ1v) is 11.6. The Morgan fingerprint density at radius 1 is 1.00 bits per heavy atom. The van der Waals surface area contributed by atoms with Crippen LogP contribution in [0.2, 0.25) is 0 Å². The van der Waals surface area contributed by atoms with E-state index in [1.807, 2.05) is 4.90 Å². The minimum Gasteiger partial charge on any atom is -0.371 e. The normalized spacial score (nSPS) is 14.8. The molecule has 2 aromatic rings. The number of benzene rings is 2. The second-order valence-electron chi connectivity index (χ2n) is 8.02. The standard InChI is InChI=1S/C22H26F3N3O3S/c1-26(2)32(30,31)18-10-11-20(28-12-4-5-13-28)19(14-18)21(29)27(3)15-16-6-8-17(9-7-16)22(23,24)25/h6-11,14H,4-5,12-13,15H2,1-3H3. The number of halogens is 3. The first kappa shape index (κ1) is 24.1. The summed E-state index contributed by atoms with van der Waals surface area (Å²) in [5, 5.41) is 0. The fraction of sp³-hybridized carbons (Fsp3) is 0.409. The average Bonchev–Trinajstić information content (AvgIpc) is 3.27. The van der Waals surface area contributed by atoms with Gasteiger partial charge < -0.3 is 9.80 Å². The number of hydrogen-bond donors (Lipinski definition) is 0. The maximum atomic E-state index is 13.3. The molecule has 1 heterocycles. The summed E-state index contributed by atoms with van der Waals surface area (Å²) in [7, 11) is 0.641. The molecule has 3 rings (SSSR count). The van der Waals surface area contributed by atoms with Gasteiger partial charge in [-0.3, -0.25) is 4.79 Å². The summed E-state index contributed by atoms with van der Waals surface area (Å²) >= 11 is 0. The zero-order valence-electron chi connectivity index (χ0n) is 18.2. The van der Waals surface area contributed by atoms with Crippen molar-refractivity contribution in [3.8, 4) is 0 Å². The maximum absolute atomic E-state index is 13.3. The van der Waals surface area contributed by atoms with Gasteiger partial charge in [-0.1, -0.05) is 12.1 Å². The Morgan fingerprint density at radius 2 is 1.59 bits per heavy atom. The van der Waals surface area contributed by atoms with Gasteiger partial charge in [0.15, 0.2) is 0 Å². The second-order valence-corrected chi connectivity index (χ2v) is 10.2. The molecule has 0 bridgehead atoms. The first-order chi connectivity index (χ1) is 14.9. The number of carbonyl (C=O) groups excluding carboxylic acids is 1. The van der Waals surface area contributed by atoms with Crippen LogP contribution < -0.4 is 4.90 Å². The van der Waals surface area contributed by atoms with E-state index in [4.69, 9.17) is 0 Å². The van der Waals surface area contributed by atoms with Gasteiger partial charge in [0.2, 0.25) is 10.0 Å². The van der Waals surface area contributed by atoms with Crippen molar-refractivity contribution >= 4 is 21.6 Å². The Balaban J connectivity index is 1.92. The SMILES string of the molecule is CN(Cc1ccc(C(F)(F)F)cc1)C(=O)c1cc(S(=O)(=O)N(C)C)ccc1N1CCCC1. The molecule has 1 amide bonds. The highest BCUT2D eigenvalue weighted by Gasteiger charge is 2.30. The molecule has 0 unspecified atom stereocenters. The van der Waals surface area contributed by atoms with Crippen LogP contribution in [-0.4, -0.2) is 57.8 Å². The second kappa shape index (κ2) is 9.11. The van der Waals surface area contributed by atoms with Crippen molar-refractivity contribution < 1.29 is 26.4 Å². The molecular weight excluding hydrogens is 443 g/mol. The number of hydrogen-bond acceptors (Lipinski definition) is 4. The van der Waals surface area contributed by atoms with Gasteiger partial charge in [0.1, 0.15) is 0 Å².